The Balaban J connectivity index is 2.04. The Kier molecular flexibility index (Phi) is 8.71. The molecule has 0 fully saturated rings. The number of carbonyl (C=O) groups is 1. The number of nitrogens with zero attached hydrogens (tertiary/aromatic N) is 2. The maximum atomic E-state index is 12.4. The van der Waals surface area contributed by atoms with Gasteiger partial charge in [0.25, 0.3) is 5.91 Å². The number of sulfonamides is 1. The molecule has 9 nitrogen and oxygen atoms in total. The van der Waals surface area contributed by atoms with Crippen molar-refractivity contribution in [3.8, 4) is 11.5 Å². The highest BCUT2D eigenvalue weighted by atomic mass is 32.2. The quantitative estimate of drug-likeness (QED) is 0.409. The van der Waals surface area contributed by atoms with Crippen molar-refractivity contribution in [3.05, 3.63) is 47.0 Å². The van der Waals surface area contributed by atoms with Crippen LogP contribution in [-0.2, 0) is 19.7 Å². The SMILES string of the molecule is COc1cc(/C=N/OCC(=O)Nc2cc(S(=O)(=O)N(C)C)cc(C)c2C)ccc1OC(F)F. The van der Waals surface area contributed by atoms with Crippen molar-refractivity contribution >= 4 is 27.8 Å². The van der Waals surface area contributed by atoms with E-state index in [2.05, 4.69) is 15.2 Å². The monoisotopic (exact) mass is 485 g/mol. The summed E-state index contributed by atoms with van der Waals surface area (Å²) in [6.07, 6.45) is 1.27. The number of hydrogen-bond acceptors (Lipinski definition) is 7. The van der Waals surface area contributed by atoms with Gasteiger partial charge in [-0.2, -0.15) is 8.78 Å². The molecule has 2 aromatic rings. The molecule has 0 aromatic heterocycles. The molecule has 0 bridgehead atoms. The summed E-state index contributed by atoms with van der Waals surface area (Å²) < 4.78 is 60.0. The molecule has 0 atom stereocenters. The first-order valence-corrected chi connectivity index (χ1v) is 11.0. The van der Waals surface area contributed by atoms with E-state index in [0.717, 1.165) is 4.31 Å². The van der Waals surface area contributed by atoms with Crippen LogP contribution in [0.1, 0.15) is 16.7 Å². The first-order chi connectivity index (χ1) is 15.4. The van der Waals surface area contributed by atoms with E-state index in [1.165, 1.54) is 57.8 Å². The standard InChI is InChI=1S/C21H25F2N3O6S/c1-13-8-16(33(28,29)26(3)4)10-17(14(13)2)25-20(27)12-31-24-11-15-6-7-18(32-21(22)23)19(9-15)30-5/h6-11,21H,12H2,1-5H3,(H,25,27)/b24-11+. The zero-order chi connectivity index (χ0) is 24.8. The third-order valence-corrected chi connectivity index (χ3v) is 6.36. The van der Waals surface area contributed by atoms with E-state index in [4.69, 9.17) is 9.57 Å². The Hall–Kier alpha value is -3.25. The molecule has 2 aromatic carbocycles. The van der Waals surface area contributed by atoms with Crippen LogP contribution in [0.4, 0.5) is 14.5 Å². The Labute approximate surface area is 191 Å². The van der Waals surface area contributed by atoms with Gasteiger partial charge in [-0.15, -0.1) is 0 Å². The smallest absolute Gasteiger partial charge is 0.387 e. The van der Waals surface area contributed by atoms with Gasteiger partial charge in [-0.25, -0.2) is 12.7 Å². The minimum atomic E-state index is -3.68. The molecule has 0 saturated carbocycles. The van der Waals surface area contributed by atoms with Crippen molar-refractivity contribution in [3.63, 3.8) is 0 Å². The molecule has 1 amide bonds. The van der Waals surface area contributed by atoms with Crippen molar-refractivity contribution in [2.24, 2.45) is 5.16 Å². The summed E-state index contributed by atoms with van der Waals surface area (Å²) in [7, 11) is 0.469. The number of amides is 1. The van der Waals surface area contributed by atoms with E-state index in [9.17, 15) is 22.0 Å². The molecule has 0 aliphatic carbocycles. The number of ether oxygens (including phenoxy) is 2. The average molecular weight is 486 g/mol. The second-order valence-corrected chi connectivity index (χ2v) is 9.20. The fourth-order valence-electron chi connectivity index (χ4n) is 2.65. The number of benzene rings is 2. The van der Waals surface area contributed by atoms with Gasteiger partial charge in [0.2, 0.25) is 10.0 Å². The molecule has 0 unspecified atom stereocenters. The van der Waals surface area contributed by atoms with Gasteiger partial charge in [0.1, 0.15) is 0 Å². The van der Waals surface area contributed by atoms with Crippen LogP contribution in [-0.4, -0.2) is 59.3 Å². The first kappa shape index (κ1) is 26.0. The lowest BCUT2D eigenvalue weighted by Crippen LogP contribution is -2.23. The summed E-state index contributed by atoms with van der Waals surface area (Å²) in [5.74, 6) is -0.600. The Morgan fingerprint density at radius 2 is 1.88 bits per heavy atom. The molecule has 0 heterocycles. The number of hydrogen-bond donors (Lipinski definition) is 1. The number of aryl methyl sites for hydroxylation is 1. The van der Waals surface area contributed by atoms with Gasteiger partial charge in [-0.1, -0.05) is 5.16 Å². The topological polar surface area (TPSA) is 107 Å². The molecule has 0 saturated heterocycles. The van der Waals surface area contributed by atoms with Crippen LogP contribution in [0, 0.1) is 13.8 Å². The van der Waals surface area contributed by atoms with Gasteiger partial charge in [0.15, 0.2) is 18.1 Å². The highest BCUT2D eigenvalue weighted by molar-refractivity contribution is 7.89. The van der Waals surface area contributed by atoms with Gasteiger partial charge < -0.3 is 19.6 Å². The van der Waals surface area contributed by atoms with E-state index in [1.54, 1.807) is 13.8 Å². The van der Waals surface area contributed by atoms with Gasteiger partial charge in [-0.3, -0.25) is 4.79 Å². The van der Waals surface area contributed by atoms with Crippen LogP contribution in [0.25, 0.3) is 0 Å². The van der Waals surface area contributed by atoms with Crippen LogP contribution in [0.15, 0.2) is 40.4 Å². The number of methoxy groups -OCH3 is 1. The average Bonchev–Trinajstić information content (AvgIpc) is 2.74. The summed E-state index contributed by atoms with van der Waals surface area (Å²) >= 11 is 0. The Bertz CT molecular complexity index is 1140. The van der Waals surface area contributed by atoms with E-state index in [-0.39, 0.29) is 16.4 Å². The molecule has 33 heavy (non-hydrogen) atoms. The number of carbonyl (C=O) groups excluding carboxylic acids is 1. The third kappa shape index (κ3) is 6.86. The summed E-state index contributed by atoms with van der Waals surface area (Å²) in [6.45, 7) is 0.0666. The van der Waals surface area contributed by atoms with Crippen LogP contribution in [0.5, 0.6) is 11.5 Å². The van der Waals surface area contributed by atoms with E-state index in [0.29, 0.717) is 22.4 Å². The normalized spacial score (nSPS) is 11.8. The molecule has 2 rings (SSSR count). The van der Waals surface area contributed by atoms with Crippen LogP contribution in [0.2, 0.25) is 0 Å². The molecular weight excluding hydrogens is 460 g/mol. The van der Waals surface area contributed by atoms with Crippen molar-refractivity contribution in [2.45, 2.75) is 25.4 Å². The molecule has 0 spiro atoms. The van der Waals surface area contributed by atoms with Crippen molar-refractivity contribution < 1.29 is 36.3 Å². The number of anilines is 1. The molecule has 0 aliphatic heterocycles. The molecule has 1 N–H and O–H groups in total. The van der Waals surface area contributed by atoms with Gasteiger partial charge >= 0.3 is 6.61 Å². The first-order valence-electron chi connectivity index (χ1n) is 9.57. The highest BCUT2D eigenvalue weighted by Crippen LogP contribution is 2.29. The van der Waals surface area contributed by atoms with Crippen LogP contribution >= 0.6 is 0 Å². The summed E-state index contributed by atoms with van der Waals surface area (Å²) in [5.41, 5.74) is 2.21. The van der Waals surface area contributed by atoms with Crippen LogP contribution in [0.3, 0.4) is 0 Å². The minimum absolute atomic E-state index is 0.0538. The predicted octanol–water partition coefficient (Wildman–Crippen LogP) is 3.15. The maximum Gasteiger partial charge on any atom is 0.387 e. The fourth-order valence-corrected chi connectivity index (χ4v) is 3.67. The number of halogens is 2. The predicted molar refractivity (Wildman–Crippen MR) is 119 cm³/mol. The minimum Gasteiger partial charge on any atom is -0.493 e. The number of oxime groups is 1. The molecule has 0 radical (unpaired) electrons. The van der Waals surface area contributed by atoms with Crippen molar-refractivity contribution in [1.82, 2.24) is 4.31 Å². The largest absolute Gasteiger partial charge is 0.493 e. The molecular formula is C21H25F2N3O6S. The number of nitrogens with one attached hydrogen (secondary N) is 1. The highest BCUT2D eigenvalue weighted by Gasteiger charge is 2.20. The van der Waals surface area contributed by atoms with Gasteiger partial charge in [0, 0.05) is 25.3 Å². The maximum absolute atomic E-state index is 12.4. The van der Waals surface area contributed by atoms with Gasteiger partial charge in [0.05, 0.1) is 18.2 Å². The zero-order valence-corrected chi connectivity index (χ0v) is 19.6. The van der Waals surface area contributed by atoms with E-state index < -0.39 is 29.1 Å². The fraction of sp³-hybridized carbons (Fsp3) is 0.333. The Morgan fingerprint density at radius 1 is 1.18 bits per heavy atom. The number of rotatable bonds is 10. The Morgan fingerprint density at radius 3 is 2.48 bits per heavy atom. The second kappa shape index (κ2) is 11.1. The summed E-state index contributed by atoms with van der Waals surface area (Å²) in [4.78, 5) is 17.3. The molecule has 0 aliphatic rings. The zero-order valence-electron chi connectivity index (χ0n) is 18.8. The molecule has 12 heteroatoms. The third-order valence-electron chi connectivity index (χ3n) is 4.57. The summed E-state index contributed by atoms with van der Waals surface area (Å²) in [5, 5.41) is 6.29. The van der Waals surface area contributed by atoms with Crippen LogP contribution < -0.4 is 14.8 Å². The van der Waals surface area contributed by atoms with E-state index in [1.807, 2.05) is 0 Å². The molecule has 180 valence electrons. The van der Waals surface area contributed by atoms with E-state index >= 15 is 0 Å². The summed E-state index contributed by atoms with van der Waals surface area (Å²) in [6, 6.07) is 7.07. The van der Waals surface area contributed by atoms with Gasteiger partial charge in [-0.05, 0) is 55.3 Å². The second-order valence-electron chi connectivity index (χ2n) is 7.05. The lowest BCUT2D eigenvalue weighted by atomic mass is 10.1. The van der Waals surface area contributed by atoms with Crippen molar-refractivity contribution in [2.75, 3.05) is 33.1 Å². The lowest BCUT2D eigenvalue weighted by molar-refractivity contribution is -0.120. The van der Waals surface area contributed by atoms with Crippen molar-refractivity contribution in [1.29, 1.82) is 0 Å². The number of alkyl halides is 2. The lowest BCUT2D eigenvalue weighted by Gasteiger charge is -2.16.